The van der Waals surface area contributed by atoms with E-state index in [1.165, 1.54) is 5.56 Å². The Kier molecular flexibility index (Phi) is 3.67. The highest BCUT2D eigenvalue weighted by molar-refractivity contribution is 5.48. The van der Waals surface area contributed by atoms with Crippen LogP contribution in [0.3, 0.4) is 0 Å². The van der Waals surface area contributed by atoms with Crippen molar-refractivity contribution in [1.29, 1.82) is 0 Å². The average Bonchev–Trinajstić information content (AvgIpc) is 2.70. The van der Waals surface area contributed by atoms with Crippen LogP contribution in [0.1, 0.15) is 17.3 Å². The highest BCUT2D eigenvalue weighted by Crippen LogP contribution is 2.26. The molecule has 2 N–H and O–H groups in total. The molecule has 0 aliphatic rings. The van der Waals surface area contributed by atoms with Crippen molar-refractivity contribution < 1.29 is 0 Å². The van der Waals surface area contributed by atoms with Crippen LogP contribution >= 0.6 is 0 Å². The zero-order chi connectivity index (χ0) is 13.1. The standard InChI is InChI=1S/C14H20N4/c1-11-13(10-17(2)16-11)14(9-15)18(3)12-7-5-4-6-8-12/h4-8,10,14H,9,15H2,1-3H3. The lowest BCUT2D eigenvalue weighted by Crippen LogP contribution is -2.30. The van der Waals surface area contributed by atoms with Gasteiger partial charge in [-0.3, -0.25) is 4.68 Å². The van der Waals surface area contributed by atoms with E-state index in [-0.39, 0.29) is 6.04 Å². The minimum atomic E-state index is 0.154. The van der Waals surface area contributed by atoms with Crippen LogP contribution < -0.4 is 10.6 Å². The SMILES string of the molecule is Cc1nn(C)cc1C(CN)N(C)c1ccccc1. The van der Waals surface area contributed by atoms with Gasteiger partial charge < -0.3 is 10.6 Å². The lowest BCUT2D eigenvalue weighted by Gasteiger charge is -2.29. The Hall–Kier alpha value is -1.81. The monoisotopic (exact) mass is 244 g/mol. The van der Waals surface area contributed by atoms with E-state index in [9.17, 15) is 0 Å². The molecule has 0 aliphatic carbocycles. The maximum atomic E-state index is 5.94. The number of hydrogen-bond acceptors (Lipinski definition) is 3. The first-order valence-electron chi connectivity index (χ1n) is 6.11. The van der Waals surface area contributed by atoms with Crippen LogP contribution in [0.5, 0.6) is 0 Å². The molecule has 1 unspecified atom stereocenters. The highest BCUT2D eigenvalue weighted by Gasteiger charge is 2.19. The van der Waals surface area contributed by atoms with Crippen LogP contribution in [0.2, 0.25) is 0 Å². The van der Waals surface area contributed by atoms with Crippen molar-refractivity contribution in [3.8, 4) is 0 Å². The topological polar surface area (TPSA) is 47.1 Å². The van der Waals surface area contributed by atoms with Crippen molar-refractivity contribution in [2.75, 3.05) is 18.5 Å². The molecule has 0 fully saturated rings. The summed E-state index contributed by atoms with van der Waals surface area (Å²) in [5.41, 5.74) is 9.33. The Bertz CT molecular complexity index is 504. The molecule has 0 saturated carbocycles. The molecule has 4 heteroatoms. The molecule has 0 amide bonds. The number of aryl methyl sites for hydroxylation is 2. The predicted octanol–water partition coefficient (Wildman–Crippen LogP) is 1.86. The third-order valence-corrected chi connectivity index (χ3v) is 3.26. The maximum Gasteiger partial charge on any atom is 0.0694 e. The number of anilines is 1. The molecule has 0 saturated heterocycles. The van der Waals surface area contributed by atoms with E-state index in [1.807, 2.05) is 43.0 Å². The van der Waals surface area contributed by atoms with Crippen molar-refractivity contribution in [3.63, 3.8) is 0 Å². The van der Waals surface area contributed by atoms with Gasteiger partial charge in [0.25, 0.3) is 0 Å². The van der Waals surface area contributed by atoms with E-state index in [2.05, 4.69) is 29.2 Å². The van der Waals surface area contributed by atoms with Gasteiger partial charge in [0.2, 0.25) is 0 Å². The van der Waals surface area contributed by atoms with Gasteiger partial charge in [-0.15, -0.1) is 0 Å². The molecular formula is C14H20N4. The second kappa shape index (κ2) is 5.23. The number of nitrogens with zero attached hydrogens (tertiary/aromatic N) is 3. The van der Waals surface area contributed by atoms with E-state index >= 15 is 0 Å². The normalized spacial score (nSPS) is 12.4. The zero-order valence-corrected chi connectivity index (χ0v) is 11.2. The van der Waals surface area contributed by atoms with Gasteiger partial charge >= 0.3 is 0 Å². The van der Waals surface area contributed by atoms with Crippen LogP contribution in [0, 0.1) is 6.92 Å². The van der Waals surface area contributed by atoms with Crippen LogP contribution in [0.15, 0.2) is 36.5 Å². The molecule has 0 bridgehead atoms. The molecule has 2 rings (SSSR count). The summed E-state index contributed by atoms with van der Waals surface area (Å²) >= 11 is 0. The van der Waals surface area contributed by atoms with Crippen molar-refractivity contribution in [2.45, 2.75) is 13.0 Å². The van der Waals surface area contributed by atoms with Crippen LogP contribution in [-0.2, 0) is 7.05 Å². The average molecular weight is 244 g/mol. The van der Waals surface area contributed by atoms with Gasteiger partial charge in [-0.25, -0.2) is 0 Å². The van der Waals surface area contributed by atoms with Crippen molar-refractivity contribution in [2.24, 2.45) is 12.8 Å². The molecule has 0 radical (unpaired) electrons. The summed E-state index contributed by atoms with van der Waals surface area (Å²) in [5.74, 6) is 0. The summed E-state index contributed by atoms with van der Waals surface area (Å²) in [5, 5.41) is 4.39. The first-order valence-corrected chi connectivity index (χ1v) is 6.11. The third kappa shape index (κ3) is 2.38. The van der Waals surface area contributed by atoms with E-state index < -0.39 is 0 Å². The smallest absolute Gasteiger partial charge is 0.0694 e. The summed E-state index contributed by atoms with van der Waals surface area (Å²) < 4.78 is 1.84. The number of aromatic nitrogens is 2. The summed E-state index contributed by atoms with van der Waals surface area (Å²) in [6.45, 7) is 2.59. The fourth-order valence-electron chi connectivity index (χ4n) is 2.28. The van der Waals surface area contributed by atoms with Crippen LogP contribution in [0.4, 0.5) is 5.69 Å². The zero-order valence-electron chi connectivity index (χ0n) is 11.2. The van der Waals surface area contributed by atoms with E-state index in [1.54, 1.807) is 0 Å². The summed E-state index contributed by atoms with van der Waals surface area (Å²) in [4.78, 5) is 2.20. The van der Waals surface area contributed by atoms with Gasteiger partial charge in [0.15, 0.2) is 0 Å². The third-order valence-electron chi connectivity index (χ3n) is 3.26. The lowest BCUT2D eigenvalue weighted by atomic mass is 10.1. The highest BCUT2D eigenvalue weighted by atomic mass is 15.3. The molecule has 1 atom stereocenters. The van der Waals surface area contributed by atoms with Crippen LogP contribution in [0.25, 0.3) is 0 Å². The molecular weight excluding hydrogens is 224 g/mol. The van der Waals surface area contributed by atoms with E-state index in [4.69, 9.17) is 5.73 Å². The lowest BCUT2D eigenvalue weighted by molar-refractivity contribution is 0.676. The van der Waals surface area contributed by atoms with E-state index in [0.717, 1.165) is 11.4 Å². The van der Waals surface area contributed by atoms with Gasteiger partial charge in [0.05, 0.1) is 11.7 Å². The molecule has 96 valence electrons. The van der Waals surface area contributed by atoms with E-state index in [0.29, 0.717) is 6.54 Å². The van der Waals surface area contributed by atoms with Crippen molar-refractivity contribution in [1.82, 2.24) is 9.78 Å². The Morgan fingerprint density at radius 3 is 2.50 bits per heavy atom. The molecule has 2 aromatic rings. The molecule has 0 aliphatic heterocycles. The van der Waals surface area contributed by atoms with Gasteiger partial charge in [-0.2, -0.15) is 5.10 Å². The largest absolute Gasteiger partial charge is 0.366 e. The number of rotatable bonds is 4. The van der Waals surface area contributed by atoms with Gasteiger partial charge in [0.1, 0.15) is 0 Å². The molecule has 4 nitrogen and oxygen atoms in total. The minimum absolute atomic E-state index is 0.154. The number of likely N-dealkylation sites (N-methyl/N-ethyl adjacent to an activating group) is 1. The quantitative estimate of drug-likeness (QED) is 0.893. The number of hydrogen-bond donors (Lipinski definition) is 1. The fraction of sp³-hybridized carbons (Fsp3) is 0.357. The second-order valence-electron chi connectivity index (χ2n) is 4.54. The summed E-state index contributed by atoms with van der Waals surface area (Å²) in [6.07, 6.45) is 2.05. The molecule has 1 aromatic carbocycles. The molecule has 1 aromatic heterocycles. The fourth-order valence-corrected chi connectivity index (χ4v) is 2.28. The maximum absolute atomic E-state index is 5.94. The summed E-state index contributed by atoms with van der Waals surface area (Å²) in [7, 11) is 4.01. The first-order chi connectivity index (χ1) is 8.63. The van der Waals surface area contributed by atoms with Gasteiger partial charge in [-0.05, 0) is 19.1 Å². The van der Waals surface area contributed by atoms with Gasteiger partial charge in [0, 0.05) is 38.1 Å². The number of nitrogens with two attached hydrogens (primary N) is 1. The minimum Gasteiger partial charge on any atom is -0.366 e. The molecule has 0 spiro atoms. The van der Waals surface area contributed by atoms with Gasteiger partial charge in [-0.1, -0.05) is 18.2 Å². The Labute approximate surface area is 108 Å². The number of para-hydroxylation sites is 1. The molecule has 18 heavy (non-hydrogen) atoms. The predicted molar refractivity (Wildman–Crippen MR) is 74.6 cm³/mol. The summed E-state index contributed by atoms with van der Waals surface area (Å²) in [6, 6.07) is 10.4. The number of benzene rings is 1. The van der Waals surface area contributed by atoms with Crippen molar-refractivity contribution >= 4 is 5.69 Å². The second-order valence-corrected chi connectivity index (χ2v) is 4.54. The molecule has 1 heterocycles. The van der Waals surface area contributed by atoms with Crippen LogP contribution in [-0.4, -0.2) is 23.4 Å². The first kappa shape index (κ1) is 12.6. The Balaban J connectivity index is 2.32. The Morgan fingerprint density at radius 1 is 1.33 bits per heavy atom. The van der Waals surface area contributed by atoms with Crippen molar-refractivity contribution in [3.05, 3.63) is 47.8 Å². The Morgan fingerprint density at radius 2 is 2.00 bits per heavy atom.